The highest BCUT2D eigenvalue weighted by Gasteiger charge is 2.46. The molecule has 1 aliphatic heterocycles. The van der Waals surface area contributed by atoms with Crippen LogP contribution in [0.25, 0.3) is 11.1 Å². The highest BCUT2D eigenvalue weighted by molar-refractivity contribution is 5.97. The van der Waals surface area contributed by atoms with Gasteiger partial charge in [0.25, 0.3) is 0 Å². The molecule has 1 amide bonds. The molecule has 1 saturated carbocycles. The highest BCUT2D eigenvalue weighted by atomic mass is 16.7. The van der Waals surface area contributed by atoms with Gasteiger partial charge in [0.05, 0.1) is 12.5 Å². The Morgan fingerprint density at radius 1 is 1.24 bits per heavy atom. The van der Waals surface area contributed by atoms with Crippen LogP contribution in [0, 0.1) is 5.92 Å². The van der Waals surface area contributed by atoms with E-state index in [4.69, 9.17) is 13.9 Å². The Morgan fingerprint density at radius 2 is 2.16 bits per heavy atom. The molecule has 25 heavy (non-hydrogen) atoms. The molecule has 0 radical (unpaired) electrons. The lowest BCUT2D eigenvalue weighted by molar-refractivity contribution is -0.117. The molecular weight excluding hydrogens is 322 g/mol. The van der Waals surface area contributed by atoms with Crippen LogP contribution < -0.4 is 14.8 Å². The summed E-state index contributed by atoms with van der Waals surface area (Å²) < 4.78 is 16.1. The van der Waals surface area contributed by atoms with E-state index >= 15 is 0 Å². The van der Waals surface area contributed by atoms with Gasteiger partial charge in [0.1, 0.15) is 11.6 Å². The average Bonchev–Trinajstić information content (AvgIpc) is 3.06. The van der Waals surface area contributed by atoms with E-state index in [9.17, 15) is 4.79 Å². The molecule has 1 fully saturated rings. The number of hydrogen-bond acceptors (Lipinski definition) is 5. The molecule has 0 saturated heterocycles. The second kappa shape index (κ2) is 5.41. The van der Waals surface area contributed by atoms with Crippen LogP contribution in [0.5, 0.6) is 11.5 Å². The minimum atomic E-state index is -0.0703. The normalized spacial score (nSPS) is 20.5. The first-order chi connectivity index (χ1) is 12.3. The molecule has 3 aromatic rings. The molecule has 2 N–H and O–H groups in total. The summed E-state index contributed by atoms with van der Waals surface area (Å²) in [5.74, 6) is 2.90. The van der Waals surface area contributed by atoms with E-state index in [2.05, 4.69) is 15.5 Å². The third-order valence-corrected chi connectivity index (χ3v) is 4.61. The summed E-state index contributed by atoms with van der Waals surface area (Å²) in [5, 5.41) is 9.86. The summed E-state index contributed by atoms with van der Waals surface area (Å²) in [5.41, 5.74) is 1.70. The number of aromatic nitrogens is 2. The second-order valence-electron chi connectivity index (χ2n) is 6.18. The molecule has 2 atom stereocenters. The summed E-state index contributed by atoms with van der Waals surface area (Å²) in [6.45, 7) is 0.226. The van der Waals surface area contributed by atoms with Crippen molar-refractivity contribution >= 4 is 11.7 Å². The third-order valence-electron chi connectivity index (χ3n) is 4.61. The average molecular weight is 337 g/mol. The molecule has 0 unspecified atom stereocenters. The number of hydrogen-bond donors (Lipinski definition) is 2. The van der Waals surface area contributed by atoms with Crippen molar-refractivity contribution in [2.45, 2.75) is 12.3 Å². The maximum absolute atomic E-state index is 12.5. The van der Waals surface area contributed by atoms with E-state index < -0.39 is 0 Å². The quantitative estimate of drug-likeness (QED) is 0.763. The first-order valence-electron chi connectivity index (χ1n) is 8.07. The summed E-state index contributed by atoms with van der Waals surface area (Å²) in [4.78, 5) is 12.5. The van der Waals surface area contributed by atoms with Crippen molar-refractivity contribution < 1.29 is 18.7 Å². The predicted molar refractivity (Wildman–Crippen MR) is 88.3 cm³/mol. The Bertz CT molecular complexity index is 932. The van der Waals surface area contributed by atoms with E-state index in [0.29, 0.717) is 11.6 Å². The van der Waals surface area contributed by atoms with Crippen molar-refractivity contribution in [1.82, 2.24) is 10.2 Å². The molecule has 5 rings (SSSR count). The molecule has 3 heterocycles. The van der Waals surface area contributed by atoms with Crippen LogP contribution in [0.3, 0.4) is 0 Å². The Labute approximate surface area is 142 Å². The van der Waals surface area contributed by atoms with E-state index in [1.807, 2.05) is 30.3 Å². The number of aromatic amines is 1. The standard InChI is InChI=1S/C18H15N3O4/c22-18(12-7-11(12)14-2-1-5-23-14)20-17-13(8-19-21-17)10-3-4-15-16(6-10)25-9-24-15/h1-6,8,11-12H,7,9H2,(H2,19,20,21,22)/t11-,12-/m1/s1. The van der Waals surface area contributed by atoms with Crippen molar-refractivity contribution in [3.63, 3.8) is 0 Å². The highest BCUT2D eigenvalue weighted by Crippen LogP contribution is 2.48. The topological polar surface area (TPSA) is 89.4 Å². The van der Waals surface area contributed by atoms with Crippen LogP contribution in [-0.2, 0) is 4.79 Å². The van der Waals surface area contributed by atoms with Crippen LogP contribution in [-0.4, -0.2) is 22.9 Å². The number of amides is 1. The van der Waals surface area contributed by atoms with Gasteiger partial charge in [0, 0.05) is 17.4 Å². The smallest absolute Gasteiger partial charge is 0.231 e. The van der Waals surface area contributed by atoms with Crippen molar-refractivity contribution in [3.8, 4) is 22.6 Å². The third kappa shape index (κ3) is 2.44. The molecule has 7 nitrogen and oxygen atoms in total. The number of ether oxygens (including phenoxy) is 2. The van der Waals surface area contributed by atoms with Gasteiger partial charge in [-0.3, -0.25) is 9.89 Å². The molecule has 0 bridgehead atoms. The van der Waals surface area contributed by atoms with Gasteiger partial charge in [-0.25, -0.2) is 0 Å². The fourth-order valence-corrected chi connectivity index (χ4v) is 3.18. The number of nitrogens with one attached hydrogen (secondary N) is 2. The number of anilines is 1. The molecule has 1 aromatic carbocycles. The van der Waals surface area contributed by atoms with Gasteiger partial charge in [-0.2, -0.15) is 5.10 Å². The number of nitrogens with zero attached hydrogens (tertiary/aromatic N) is 1. The maximum atomic E-state index is 12.5. The van der Waals surface area contributed by atoms with Gasteiger partial charge >= 0.3 is 0 Å². The molecule has 2 aromatic heterocycles. The zero-order valence-electron chi connectivity index (χ0n) is 13.2. The zero-order chi connectivity index (χ0) is 16.8. The van der Waals surface area contributed by atoms with Crippen molar-refractivity contribution in [3.05, 3.63) is 48.6 Å². The number of H-pyrrole nitrogens is 1. The van der Waals surface area contributed by atoms with E-state index in [0.717, 1.165) is 29.1 Å². The minimum absolute atomic E-state index is 0.0346. The van der Waals surface area contributed by atoms with Crippen LogP contribution in [0.15, 0.2) is 47.2 Å². The second-order valence-corrected chi connectivity index (χ2v) is 6.18. The van der Waals surface area contributed by atoms with Crippen LogP contribution in [0.2, 0.25) is 0 Å². The summed E-state index contributed by atoms with van der Waals surface area (Å²) >= 11 is 0. The summed E-state index contributed by atoms with van der Waals surface area (Å²) in [7, 11) is 0. The van der Waals surface area contributed by atoms with E-state index in [-0.39, 0.29) is 24.5 Å². The molecule has 0 spiro atoms. The van der Waals surface area contributed by atoms with Gasteiger partial charge in [0.15, 0.2) is 11.5 Å². The first-order valence-corrected chi connectivity index (χ1v) is 8.07. The van der Waals surface area contributed by atoms with Crippen LogP contribution >= 0.6 is 0 Å². The Hall–Kier alpha value is -3.22. The SMILES string of the molecule is O=C(Nc1[nH]ncc1-c1ccc2c(c1)OCO2)[C@@H]1C[C@H]1c1ccco1. The van der Waals surface area contributed by atoms with Gasteiger partial charge in [-0.1, -0.05) is 6.07 Å². The summed E-state index contributed by atoms with van der Waals surface area (Å²) in [6.07, 6.45) is 4.12. The van der Waals surface area contributed by atoms with E-state index in [1.54, 1.807) is 12.5 Å². The Kier molecular flexibility index (Phi) is 3.06. The van der Waals surface area contributed by atoms with Crippen molar-refractivity contribution in [2.75, 3.05) is 12.1 Å². The van der Waals surface area contributed by atoms with Crippen LogP contribution in [0.1, 0.15) is 18.1 Å². The number of fused-ring (bicyclic) bond motifs is 1. The lowest BCUT2D eigenvalue weighted by Crippen LogP contribution is -2.15. The Morgan fingerprint density at radius 3 is 3.04 bits per heavy atom. The van der Waals surface area contributed by atoms with Gasteiger partial charge < -0.3 is 19.2 Å². The number of carbonyl (C=O) groups excluding carboxylic acids is 1. The van der Waals surface area contributed by atoms with Crippen molar-refractivity contribution in [2.24, 2.45) is 5.92 Å². The van der Waals surface area contributed by atoms with Crippen LogP contribution in [0.4, 0.5) is 5.82 Å². The maximum Gasteiger partial charge on any atom is 0.231 e. The first kappa shape index (κ1) is 14.2. The minimum Gasteiger partial charge on any atom is -0.469 e. The Balaban J connectivity index is 1.35. The zero-order valence-corrected chi connectivity index (χ0v) is 13.2. The van der Waals surface area contributed by atoms with Gasteiger partial charge in [-0.15, -0.1) is 0 Å². The molecule has 1 aliphatic carbocycles. The molecule has 2 aliphatic rings. The number of carbonyl (C=O) groups is 1. The fraction of sp³-hybridized carbons (Fsp3) is 0.222. The monoisotopic (exact) mass is 337 g/mol. The number of rotatable bonds is 4. The molecule has 126 valence electrons. The van der Waals surface area contributed by atoms with E-state index in [1.165, 1.54) is 0 Å². The molecule has 7 heteroatoms. The number of benzene rings is 1. The van der Waals surface area contributed by atoms with Crippen molar-refractivity contribution in [1.29, 1.82) is 0 Å². The fourth-order valence-electron chi connectivity index (χ4n) is 3.18. The summed E-state index contributed by atoms with van der Waals surface area (Å²) in [6, 6.07) is 9.40. The van der Waals surface area contributed by atoms with Gasteiger partial charge in [-0.05, 0) is 36.2 Å². The largest absolute Gasteiger partial charge is 0.469 e. The molecular formula is C18H15N3O4. The van der Waals surface area contributed by atoms with Gasteiger partial charge in [0.2, 0.25) is 12.7 Å². The number of furan rings is 1. The lowest BCUT2D eigenvalue weighted by atomic mass is 10.1. The predicted octanol–water partition coefficient (Wildman–Crippen LogP) is 3.14. The lowest BCUT2D eigenvalue weighted by Gasteiger charge is -2.06.